The van der Waals surface area contributed by atoms with Gasteiger partial charge in [0, 0.05) is 33.3 Å². The Bertz CT molecular complexity index is 2240. The third-order valence-corrected chi connectivity index (χ3v) is 8.73. The number of nitrogens with zero attached hydrogens (tertiary/aromatic N) is 2. The zero-order chi connectivity index (χ0) is 27.6. The molecule has 1 aliphatic rings. The van der Waals surface area contributed by atoms with Crippen LogP contribution in [-0.2, 0) is 0 Å². The average molecular weight is 535 g/mol. The fraction of sp³-hybridized carbons (Fsp3) is 0. The van der Waals surface area contributed by atoms with Crippen LogP contribution < -0.4 is 4.90 Å². The van der Waals surface area contributed by atoms with Gasteiger partial charge < -0.3 is 9.47 Å². The number of rotatable bonds is 2. The number of anilines is 3. The van der Waals surface area contributed by atoms with Gasteiger partial charge in [0.05, 0.1) is 22.4 Å². The quantitative estimate of drug-likeness (QED) is 0.214. The molecule has 2 nitrogen and oxygen atoms in total. The van der Waals surface area contributed by atoms with Gasteiger partial charge in [-0.2, -0.15) is 0 Å². The molecule has 9 rings (SSSR count). The van der Waals surface area contributed by atoms with Gasteiger partial charge in [0.1, 0.15) is 0 Å². The summed E-state index contributed by atoms with van der Waals surface area (Å²) in [5.41, 5.74) is 12.1. The van der Waals surface area contributed by atoms with Crippen molar-refractivity contribution in [1.29, 1.82) is 0 Å². The molecule has 0 saturated carbocycles. The van der Waals surface area contributed by atoms with Crippen molar-refractivity contribution in [1.82, 2.24) is 4.57 Å². The number of aromatic nitrogens is 1. The number of fused-ring (bicyclic) bond motifs is 10. The largest absolute Gasteiger partial charge is 0.309 e. The van der Waals surface area contributed by atoms with Crippen LogP contribution in [0.15, 0.2) is 158 Å². The monoisotopic (exact) mass is 534 g/mol. The van der Waals surface area contributed by atoms with E-state index in [0.29, 0.717) is 0 Å². The van der Waals surface area contributed by atoms with E-state index in [4.69, 9.17) is 0 Å². The molecule has 42 heavy (non-hydrogen) atoms. The molecular weight excluding hydrogens is 508 g/mol. The third kappa shape index (κ3) is 3.27. The summed E-state index contributed by atoms with van der Waals surface area (Å²) in [7, 11) is 0. The highest BCUT2D eigenvalue weighted by atomic mass is 15.1. The van der Waals surface area contributed by atoms with Crippen LogP contribution >= 0.6 is 0 Å². The summed E-state index contributed by atoms with van der Waals surface area (Å²) in [4.78, 5) is 2.41. The van der Waals surface area contributed by atoms with Crippen molar-refractivity contribution in [3.63, 3.8) is 0 Å². The molecule has 2 heteroatoms. The van der Waals surface area contributed by atoms with Gasteiger partial charge >= 0.3 is 0 Å². The molecule has 8 aromatic rings. The van der Waals surface area contributed by atoms with Crippen LogP contribution in [0, 0.1) is 0 Å². The van der Waals surface area contributed by atoms with Crippen molar-refractivity contribution in [3.8, 4) is 27.9 Å². The molecule has 196 valence electrons. The normalized spacial score (nSPS) is 12.2. The van der Waals surface area contributed by atoms with Crippen molar-refractivity contribution < 1.29 is 0 Å². The van der Waals surface area contributed by atoms with Crippen LogP contribution in [-0.4, -0.2) is 4.57 Å². The van der Waals surface area contributed by atoms with E-state index in [9.17, 15) is 0 Å². The Morgan fingerprint density at radius 3 is 1.55 bits per heavy atom. The summed E-state index contributed by atoms with van der Waals surface area (Å²) < 4.78 is 2.40. The molecule has 1 aromatic heterocycles. The molecule has 0 saturated heterocycles. The lowest BCUT2D eigenvalue weighted by atomic mass is 9.95. The number of hydrogen-bond donors (Lipinski definition) is 0. The minimum absolute atomic E-state index is 1.14. The predicted octanol–water partition coefficient (Wildman–Crippen LogP) is 11.1. The van der Waals surface area contributed by atoms with E-state index in [1.54, 1.807) is 0 Å². The summed E-state index contributed by atoms with van der Waals surface area (Å²) in [5, 5.41) is 5.14. The molecule has 0 spiro atoms. The molecule has 0 fully saturated rings. The van der Waals surface area contributed by atoms with E-state index in [1.807, 2.05) is 0 Å². The Balaban J connectivity index is 1.26. The first kappa shape index (κ1) is 23.1. The van der Waals surface area contributed by atoms with Crippen molar-refractivity contribution in [3.05, 3.63) is 158 Å². The highest BCUT2D eigenvalue weighted by Crippen LogP contribution is 2.50. The molecule has 0 radical (unpaired) electrons. The Kier molecular flexibility index (Phi) is 4.93. The first-order valence-corrected chi connectivity index (χ1v) is 14.5. The molecule has 0 unspecified atom stereocenters. The van der Waals surface area contributed by atoms with E-state index in [1.165, 1.54) is 66.2 Å². The van der Waals surface area contributed by atoms with Crippen molar-refractivity contribution >= 4 is 49.6 Å². The zero-order valence-corrected chi connectivity index (χ0v) is 22.9. The van der Waals surface area contributed by atoms with Crippen molar-refractivity contribution in [2.75, 3.05) is 4.90 Å². The molecule has 0 atom stereocenters. The predicted molar refractivity (Wildman–Crippen MR) is 177 cm³/mol. The van der Waals surface area contributed by atoms with E-state index >= 15 is 0 Å². The molecule has 7 aromatic carbocycles. The van der Waals surface area contributed by atoms with E-state index in [2.05, 4.69) is 167 Å². The summed E-state index contributed by atoms with van der Waals surface area (Å²) in [6.45, 7) is 0. The Hall–Kier alpha value is -5.60. The fourth-order valence-electron chi connectivity index (χ4n) is 6.92. The number of hydrogen-bond acceptors (Lipinski definition) is 1. The fourth-order valence-corrected chi connectivity index (χ4v) is 6.92. The zero-order valence-electron chi connectivity index (χ0n) is 22.9. The number of benzene rings is 7. The van der Waals surface area contributed by atoms with Gasteiger partial charge in [-0.1, -0.05) is 109 Å². The van der Waals surface area contributed by atoms with Crippen LogP contribution in [0.4, 0.5) is 17.1 Å². The van der Waals surface area contributed by atoms with E-state index in [0.717, 1.165) is 11.4 Å². The average Bonchev–Trinajstić information content (AvgIpc) is 3.34. The third-order valence-electron chi connectivity index (χ3n) is 8.73. The van der Waals surface area contributed by atoms with Crippen LogP contribution in [0.1, 0.15) is 0 Å². The first-order valence-electron chi connectivity index (χ1n) is 14.5. The van der Waals surface area contributed by atoms with Crippen molar-refractivity contribution in [2.24, 2.45) is 0 Å². The Morgan fingerprint density at radius 1 is 0.333 bits per heavy atom. The summed E-state index contributed by atoms with van der Waals surface area (Å²) in [6.07, 6.45) is 0. The summed E-state index contributed by atoms with van der Waals surface area (Å²) >= 11 is 0. The first-order chi connectivity index (χ1) is 20.9. The second-order valence-electron chi connectivity index (χ2n) is 11.0. The molecule has 0 N–H and O–H groups in total. The topological polar surface area (TPSA) is 8.17 Å². The van der Waals surface area contributed by atoms with Crippen LogP contribution in [0.5, 0.6) is 0 Å². The second kappa shape index (κ2) is 8.95. The molecule has 0 aliphatic carbocycles. The molecule has 2 heterocycles. The highest BCUT2D eigenvalue weighted by molar-refractivity contribution is 6.21. The molecular formula is C40H26N2. The van der Waals surface area contributed by atoms with Gasteiger partial charge in [0.15, 0.2) is 0 Å². The summed E-state index contributed by atoms with van der Waals surface area (Å²) in [6, 6.07) is 57.3. The van der Waals surface area contributed by atoms with Gasteiger partial charge in [0.25, 0.3) is 0 Å². The summed E-state index contributed by atoms with van der Waals surface area (Å²) in [5.74, 6) is 0. The van der Waals surface area contributed by atoms with Crippen LogP contribution in [0.3, 0.4) is 0 Å². The van der Waals surface area contributed by atoms with Crippen LogP contribution in [0.25, 0.3) is 60.5 Å². The maximum Gasteiger partial charge on any atom is 0.0547 e. The molecule has 0 amide bonds. The lowest BCUT2D eigenvalue weighted by Crippen LogP contribution is -2.11. The maximum atomic E-state index is 2.41. The van der Waals surface area contributed by atoms with Gasteiger partial charge in [0.2, 0.25) is 0 Å². The van der Waals surface area contributed by atoms with Gasteiger partial charge in [-0.05, 0) is 70.4 Å². The molecule has 0 bridgehead atoms. The second-order valence-corrected chi connectivity index (χ2v) is 11.0. The lowest BCUT2D eigenvalue weighted by Gasteiger charge is -2.27. The van der Waals surface area contributed by atoms with Gasteiger partial charge in [-0.25, -0.2) is 0 Å². The SMILES string of the molecule is c1ccc2c(c1)-c1ccccc1N(c1ccc(-n3c4ccccc4c4c5ccccc5ccc43)cc1)c1ccccc1-2. The Morgan fingerprint density at radius 2 is 0.857 bits per heavy atom. The minimum Gasteiger partial charge on any atom is -0.309 e. The minimum atomic E-state index is 1.14. The highest BCUT2D eigenvalue weighted by Gasteiger charge is 2.25. The molecule has 1 aliphatic heterocycles. The smallest absolute Gasteiger partial charge is 0.0547 e. The van der Waals surface area contributed by atoms with Gasteiger partial charge in [-0.3, -0.25) is 0 Å². The van der Waals surface area contributed by atoms with Crippen molar-refractivity contribution in [2.45, 2.75) is 0 Å². The maximum absolute atomic E-state index is 2.41. The van der Waals surface area contributed by atoms with Crippen LogP contribution in [0.2, 0.25) is 0 Å². The van der Waals surface area contributed by atoms with E-state index in [-0.39, 0.29) is 0 Å². The van der Waals surface area contributed by atoms with Gasteiger partial charge in [-0.15, -0.1) is 0 Å². The Labute approximate surface area is 244 Å². The lowest BCUT2D eigenvalue weighted by molar-refractivity contribution is 1.17. The van der Waals surface area contributed by atoms with E-state index < -0.39 is 0 Å². The number of para-hydroxylation sites is 3. The standard InChI is InChI=1S/C40H26N2/c1-2-12-30-27(11-1)21-26-39-40(30)35-17-7-10-20-38(35)42(39)29-24-22-28(23-25-29)41-36-18-8-5-15-33(36)31-13-3-4-14-32(31)34-16-6-9-19-37(34)41/h1-26H.